The first-order valence-corrected chi connectivity index (χ1v) is 13.2. The van der Waals surface area contributed by atoms with Crippen LogP contribution in [-0.4, -0.2) is 43.7 Å². The molecule has 0 saturated heterocycles. The third-order valence-corrected chi connectivity index (χ3v) is 8.53. The van der Waals surface area contributed by atoms with Crippen molar-refractivity contribution < 1.29 is 0 Å². The monoisotopic (exact) mass is 430 g/mol. The summed E-state index contributed by atoms with van der Waals surface area (Å²) in [6.45, 7) is 0. The normalized spacial score (nSPS) is 11.2. The molecule has 0 aliphatic rings. The van der Waals surface area contributed by atoms with Crippen LogP contribution in [0.15, 0.2) is 22.1 Å². The van der Waals surface area contributed by atoms with Gasteiger partial charge in [-0.15, -0.1) is 47.0 Å². The molecular formula is C14H14N4S6. The van der Waals surface area contributed by atoms with E-state index in [1.165, 1.54) is 0 Å². The van der Waals surface area contributed by atoms with Crippen LogP contribution < -0.4 is 0 Å². The molecule has 0 aliphatic carbocycles. The van der Waals surface area contributed by atoms with E-state index in [0.29, 0.717) is 0 Å². The third-order valence-electron chi connectivity index (χ3n) is 2.95. The van der Waals surface area contributed by atoms with E-state index in [9.17, 15) is 0 Å². The molecule has 0 fully saturated rings. The fourth-order valence-corrected chi connectivity index (χ4v) is 5.92. The summed E-state index contributed by atoms with van der Waals surface area (Å²) in [6.07, 6.45) is 8.12. The van der Waals surface area contributed by atoms with Gasteiger partial charge in [-0.05, 0) is 37.2 Å². The molecule has 0 saturated carbocycles. The Labute approximate surface area is 165 Å². The highest BCUT2D eigenvalue weighted by Crippen LogP contribution is 2.36. The molecule has 24 heavy (non-hydrogen) atoms. The molecule has 0 N–H and O–H groups in total. The minimum atomic E-state index is 0.798. The number of hydrogen-bond acceptors (Lipinski definition) is 10. The number of benzene rings is 1. The summed E-state index contributed by atoms with van der Waals surface area (Å²) in [5.74, 6) is 0. The maximum Gasteiger partial charge on any atom is 0.211 e. The first kappa shape index (κ1) is 18.5. The third kappa shape index (κ3) is 4.10. The Morgan fingerprint density at radius 1 is 0.750 bits per heavy atom. The molecule has 1 aromatic carbocycles. The fraction of sp³-hybridized carbons (Fsp3) is 0.286. The molecular weight excluding hydrogens is 417 g/mol. The highest BCUT2D eigenvalue weighted by Gasteiger charge is 2.10. The average Bonchev–Trinajstić information content (AvgIpc) is 3.16. The summed E-state index contributed by atoms with van der Waals surface area (Å²) >= 11 is 9.76. The Hall–Kier alpha value is -0.260. The minimum Gasteiger partial charge on any atom is -0.218 e. The lowest BCUT2D eigenvalue weighted by Gasteiger charge is -1.93. The summed E-state index contributed by atoms with van der Waals surface area (Å²) in [7, 11) is 0. The molecule has 0 radical (unpaired) electrons. The van der Waals surface area contributed by atoms with Gasteiger partial charge in [0.1, 0.15) is 8.75 Å². The van der Waals surface area contributed by atoms with Gasteiger partial charge in [0.15, 0.2) is 0 Å². The summed E-state index contributed by atoms with van der Waals surface area (Å²) in [5, 5.41) is 1.60. The highest BCUT2D eigenvalue weighted by atomic mass is 32.2. The fourth-order valence-electron chi connectivity index (χ4n) is 1.93. The molecule has 10 heteroatoms. The first-order chi connectivity index (χ1) is 11.7. The summed E-state index contributed by atoms with van der Waals surface area (Å²) in [6, 6.07) is 4.18. The van der Waals surface area contributed by atoms with Crippen LogP contribution in [0.4, 0.5) is 10.3 Å². The SMILES string of the molecule is CSC(=Nc1nc2cc3sc(N=C(SC)SC)nc3cc2s1)SC. The Kier molecular flexibility index (Phi) is 6.50. The summed E-state index contributed by atoms with van der Waals surface area (Å²) in [4.78, 5) is 18.5. The lowest BCUT2D eigenvalue weighted by atomic mass is 10.3. The molecule has 0 unspecified atom stereocenters. The van der Waals surface area contributed by atoms with Crippen molar-refractivity contribution in [3.05, 3.63) is 12.1 Å². The zero-order valence-electron chi connectivity index (χ0n) is 13.4. The molecule has 3 aromatic rings. The lowest BCUT2D eigenvalue weighted by molar-refractivity contribution is 1.41. The van der Waals surface area contributed by atoms with Gasteiger partial charge >= 0.3 is 0 Å². The predicted octanol–water partition coefficient (Wildman–Crippen LogP) is 6.33. The smallest absolute Gasteiger partial charge is 0.211 e. The zero-order valence-corrected chi connectivity index (χ0v) is 18.3. The summed E-state index contributed by atoms with van der Waals surface area (Å²) < 4.78 is 4.26. The predicted molar refractivity (Wildman–Crippen MR) is 121 cm³/mol. The van der Waals surface area contributed by atoms with Crippen molar-refractivity contribution in [3.63, 3.8) is 0 Å². The second-order valence-electron chi connectivity index (χ2n) is 4.35. The van der Waals surface area contributed by atoms with E-state index >= 15 is 0 Å². The molecule has 3 rings (SSSR count). The van der Waals surface area contributed by atoms with Crippen molar-refractivity contribution in [2.75, 3.05) is 25.0 Å². The number of rotatable bonds is 2. The molecule has 0 atom stereocenters. The lowest BCUT2D eigenvalue weighted by Crippen LogP contribution is -1.79. The number of aliphatic imine (C=N–C) groups is 2. The van der Waals surface area contributed by atoms with Crippen LogP contribution in [0.3, 0.4) is 0 Å². The van der Waals surface area contributed by atoms with Crippen molar-refractivity contribution >= 4 is 109 Å². The summed E-state index contributed by atoms with van der Waals surface area (Å²) in [5.41, 5.74) is 1.95. The Balaban J connectivity index is 2.01. The first-order valence-electron chi connectivity index (χ1n) is 6.71. The largest absolute Gasteiger partial charge is 0.218 e. The molecule has 0 spiro atoms. The van der Waals surface area contributed by atoms with E-state index < -0.39 is 0 Å². The van der Waals surface area contributed by atoms with Gasteiger partial charge in [0, 0.05) is 0 Å². The standard InChI is InChI=1S/C14H14N4S6/c1-19-13(20-2)17-11-15-7-5-10-8(6-9(7)23-11)16-12(24-10)18-14(21-3)22-4/h5-6H,1-4H3. The molecule has 2 heterocycles. The van der Waals surface area contributed by atoms with E-state index in [0.717, 1.165) is 39.4 Å². The maximum absolute atomic E-state index is 4.64. The second kappa shape index (κ2) is 8.41. The molecule has 126 valence electrons. The zero-order chi connectivity index (χ0) is 17.1. The quantitative estimate of drug-likeness (QED) is 0.349. The van der Waals surface area contributed by atoms with Gasteiger partial charge in [0.05, 0.1) is 20.4 Å². The van der Waals surface area contributed by atoms with Crippen LogP contribution in [0.2, 0.25) is 0 Å². The van der Waals surface area contributed by atoms with Crippen LogP contribution in [0.1, 0.15) is 0 Å². The van der Waals surface area contributed by atoms with Gasteiger partial charge in [-0.25, -0.2) is 20.0 Å². The number of nitrogens with zero attached hydrogens (tertiary/aromatic N) is 4. The van der Waals surface area contributed by atoms with Gasteiger partial charge in [-0.2, -0.15) is 0 Å². The number of aromatic nitrogens is 2. The van der Waals surface area contributed by atoms with Gasteiger partial charge in [-0.3, -0.25) is 0 Å². The Morgan fingerprint density at radius 2 is 1.12 bits per heavy atom. The van der Waals surface area contributed by atoms with Gasteiger partial charge in [0.2, 0.25) is 10.3 Å². The number of fused-ring (bicyclic) bond motifs is 2. The van der Waals surface area contributed by atoms with E-state index in [1.807, 2.05) is 25.0 Å². The van der Waals surface area contributed by atoms with Crippen LogP contribution in [-0.2, 0) is 0 Å². The van der Waals surface area contributed by atoms with Gasteiger partial charge < -0.3 is 0 Å². The van der Waals surface area contributed by atoms with Crippen LogP contribution in [0.5, 0.6) is 0 Å². The van der Waals surface area contributed by atoms with Gasteiger partial charge in [0.25, 0.3) is 0 Å². The molecule has 2 aromatic heterocycles. The van der Waals surface area contributed by atoms with Crippen molar-refractivity contribution in [2.45, 2.75) is 0 Å². The maximum atomic E-state index is 4.64. The van der Waals surface area contributed by atoms with E-state index in [1.54, 1.807) is 69.7 Å². The number of thioether (sulfide) groups is 4. The molecule has 4 nitrogen and oxygen atoms in total. The Bertz CT molecular complexity index is 791. The topological polar surface area (TPSA) is 50.5 Å². The van der Waals surface area contributed by atoms with Crippen molar-refractivity contribution in [3.8, 4) is 0 Å². The van der Waals surface area contributed by atoms with E-state index in [2.05, 4.69) is 32.1 Å². The Morgan fingerprint density at radius 3 is 1.46 bits per heavy atom. The van der Waals surface area contributed by atoms with E-state index in [4.69, 9.17) is 0 Å². The molecule has 0 bridgehead atoms. The average molecular weight is 431 g/mol. The van der Waals surface area contributed by atoms with Crippen LogP contribution in [0.25, 0.3) is 20.4 Å². The van der Waals surface area contributed by atoms with E-state index in [-0.39, 0.29) is 0 Å². The van der Waals surface area contributed by atoms with Crippen LogP contribution in [0, 0.1) is 0 Å². The highest BCUT2D eigenvalue weighted by molar-refractivity contribution is 8.38. The number of thiazole rings is 2. The van der Waals surface area contributed by atoms with Gasteiger partial charge in [-0.1, -0.05) is 22.7 Å². The molecule has 0 amide bonds. The molecule has 0 aliphatic heterocycles. The van der Waals surface area contributed by atoms with Crippen LogP contribution >= 0.6 is 69.7 Å². The number of hydrogen-bond donors (Lipinski definition) is 0. The second-order valence-corrected chi connectivity index (χ2v) is 10.1. The minimum absolute atomic E-state index is 0.798. The van der Waals surface area contributed by atoms with Crippen molar-refractivity contribution in [2.24, 2.45) is 9.98 Å². The van der Waals surface area contributed by atoms with Crippen molar-refractivity contribution in [1.82, 2.24) is 9.97 Å². The van der Waals surface area contributed by atoms with Crippen molar-refractivity contribution in [1.29, 1.82) is 0 Å².